The maximum atomic E-state index is 12.5. The van der Waals surface area contributed by atoms with Gasteiger partial charge in [0.1, 0.15) is 0 Å². The van der Waals surface area contributed by atoms with Gasteiger partial charge in [0.05, 0.1) is 16.6 Å². The predicted octanol–water partition coefficient (Wildman–Crippen LogP) is 2.14. The normalized spacial score (nSPS) is 43.3. The van der Waals surface area contributed by atoms with E-state index >= 15 is 0 Å². The molecule has 2 saturated carbocycles. The van der Waals surface area contributed by atoms with E-state index in [-0.39, 0.29) is 28.5 Å². The molecule has 1 saturated heterocycles. The van der Waals surface area contributed by atoms with Gasteiger partial charge in [-0.1, -0.05) is 29.8 Å². The number of alkyl halides is 1. The van der Waals surface area contributed by atoms with Gasteiger partial charge < -0.3 is 0 Å². The molecule has 0 aromatic heterocycles. The third kappa shape index (κ3) is 1.50. The summed E-state index contributed by atoms with van der Waals surface area (Å²) >= 11 is 3.22. The first-order chi connectivity index (χ1) is 8.63. The Balaban J connectivity index is 2.09. The van der Waals surface area contributed by atoms with Crippen LogP contribution >= 0.6 is 15.9 Å². The zero-order chi connectivity index (χ0) is 14.2. The van der Waals surface area contributed by atoms with Crippen molar-refractivity contribution in [3.63, 3.8) is 0 Å². The zero-order valence-electron chi connectivity index (χ0n) is 11.5. The molecule has 0 aromatic rings. The fourth-order valence-electron chi connectivity index (χ4n) is 4.75. The van der Waals surface area contributed by atoms with Crippen molar-refractivity contribution < 1.29 is 13.2 Å². The summed E-state index contributed by atoms with van der Waals surface area (Å²) in [5, 5.41) is 0. The zero-order valence-corrected chi connectivity index (χ0v) is 13.9. The number of nitrogens with zero attached hydrogens (tertiary/aromatic N) is 1. The van der Waals surface area contributed by atoms with Crippen molar-refractivity contribution in [3.8, 4) is 0 Å². The second-order valence-electron chi connectivity index (χ2n) is 6.87. The highest BCUT2D eigenvalue weighted by Gasteiger charge is 2.72. The minimum Gasteiger partial charge on any atom is -0.273 e. The Morgan fingerprint density at radius 2 is 2.05 bits per heavy atom. The standard InChI is InChI=1S/C13H20BrNO3S/c1-8(14)11(16)15-10-6-9-4-5-13(10,12(9,2)3)7-19(15,17)18/h8-10H,4-7H2,1-3H3/t8-,9+,10+,13+/m0/s1. The van der Waals surface area contributed by atoms with Crippen molar-refractivity contribution in [1.29, 1.82) is 0 Å². The summed E-state index contributed by atoms with van der Waals surface area (Å²) < 4.78 is 26.2. The van der Waals surface area contributed by atoms with Gasteiger partial charge in [-0.25, -0.2) is 12.7 Å². The Hall–Kier alpha value is -0.100. The van der Waals surface area contributed by atoms with E-state index in [2.05, 4.69) is 29.8 Å². The Labute approximate surface area is 123 Å². The van der Waals surface area contributed by atoms with Crippen LogP contribution in [0, 0.1) is 16.7 Å². The highest BCUT2D eigenvalue weighted by Crippen LogP contribution is 2.70. The summed E-state index contributed by atoms with van der Waals surface area (Å²) in [6.07, 6.45) is 2.89. The Bertz CT molecular complexity index is 542. The van der Waals surface area contributed by atoms with Crippen molar-refractivity contribution in [3.05, 3.63) is 0 Å². The Morgan fingerprint density at radius 1 is 1.42 bits per heavy atom. The summed E-state index contributed by atoms with van der Waals surface area (Å²) in [5.41, 5.74) is -0.191. The quantitative estimate of drug-likeness (QED) is 0.681. The molecular weight excluding hydrogens is 330 g/mol. The van der Waals surface area contributed by atoms with E-state index in [0.717, 1.165) is 19.3 Å². The largest absolute Gasteiger partial charge is 0.273 e. The van der Waals surface area contributed by atoms with Gasteiger partial charge in [-0.15, -0.1) is 0 Å². The molecule has 4 atom stereocenters. The van der Waals surface area contributed by atoms with Crippen molar-refractivity contribution in [2.24, 2.45) is 16.7 Å². The van der Waals surface area contributed by atoms with Gasteiger partial charge in [0, 0.05) is 5.41 Å². The van der Waals surface area contributed by atoms with Gasteiger partial charge in [0.2, 0.25) is 15.9 Å². The van der Waals surface area contributed by atoms with E-state index in [1.54, 1.807) is 6.92 Å². The van der Waals surface area contributed by atoms with E-state index in [1.807, 2.05) is 0 Å². The highest BCUT2D eigenvalue weighted by molar-refractivity contribution is 9.10. The van der Waals surface area contributed by atoms with Gasteiger partial charge in [-0.2, -0.15) is 0 Å². The van der Waals surface area contributed by atoms with Crippen LogP contribution in [-0.4, -0.2) is 35.3 Å². The SMILES string of the molecule is C[C@H](Br)C(=O)N1[C@@H]2C[C@H]3CC[C@]2(CS1(=O)=O)C3(C)C. The van der Waals surface area contributed by atoms with Crippen LogP contribution in [0.25, 0.3) is 0 Å². The number of amides is 1. The molecule has 0 aromatic carbocycles. The third-order valence-electron chi connectivity index (χ3n) is 5.97. The van der Waals surface area contributed by atoms with Gasteiger partial charge in [0.25, 0.3) is 0 Å². The minimum atomic E-state index is -3.45. The van der Waals surface area contributed by atoms with Crippen molar-refractivity contribution in [2.45, 2.75) is 50.9 Å². The van der Waals surface area contributed by atoms with Crippen LogP contribution in [0.15, 0.2) is 0 Å². The van der Waals surface area contributed by atoms with Crippen LogP contribution in [0.4, 0.5) is 0 Å². The number of hydrogen-bond donors (Lipinski definition) is 0. The first-order valence-corrected chi connectivity index (χ1v) is 9.36. The maximum Gasteiger partial charge on any atom is 0.249 e. The van der Waals surface area contributed by atoms with E-state index in [0.29, 0.717) is 5.92 Å². The van der Waals surface area contributed by atoms with E-state index in [1.165, 1.54) is 4.31 Å². The molecule has 0 unspecified atom stereocenters. The number of carbonyl (C=O) groups excluding carboxylic acids is 1. The lowest BCUT2D eigenvalue weighted by atomic mass is 9.69. The molecule has 108 valence electrons. The first kappa shape index (κ1) is 13.9. The molecule has 6 heteroatoms. The van der Waals surface area contributed by atoms with Crippen LogP contribution in [0.2, 0.25) is 0 Å². The fourth-order valence-corrected chi connectivity index (χ4v) is 7.72. The van der Waals surface area contributed by atoms with Gasteiger partial charge >= 0.3 is 0 Å². The van der Waals surface area contributed by atoms with E-state index in [4.69, 9.17) is 0 Å². The smallest absolute Gasteiger partial charge is 0.249 e. The number of carbonyl (C=O) groups is 1. The van der Waals surface area contributed by atoms with Crippen LogP contribution in [0.1, 0.15) is 40.0 Å². The van der Waals surface area contributed by atoms with Crippen molar-refractivity contribution in [1.82, 2.24) is 4.31 Å². The molecule has 0 radical (unpaired) electrons. The average molecular weight is 350 g/mol. The number of rotatable bonds is 1. The fraction of sp³-hybridized carbons (Fsp3) is 0.923. The monoisotopic (exact) mass is 349 g/mol. The van der Waals surface area contributed by atoms with Gasteiger partial charge in [0.15, 0.2) is 0 Å². The Kier molecular flexibility index (Phi) is 2.74. The van der Waals surface area contributed by atoms with E-state index < -0.39 is 14.9 Å². The van der Waals surface area contributed by atoms with E-state index in [9.17, 15) is 13.2 Å². The summed E-state index contributed by atoms with van der Waals surface area (Å²) in [7, 11) is -3.45. The second-order valence-corrected chi connectivity index (χ2v) is 10.1. The van der Waals surface area contributed by atoms with Crippen LogP contribution in [0.5, 0.6) is 0 Å². The molecule has 2 bridgehead atoms. The molecule has 1 spiro atoms. The number of sulfonamides is 1. The van der Waals surface area contributed by atoms with Gasteiger partial charge in [-0.3, -0.25) is 4.79 Å². The third-order valence-corrected chi connectivity index (χ3v) is 8.27. The molecule has 3 fully saturated rings. The van der Waals surface area contributed by atoms with Crippen molar-refractivity contribution >= 4 is 31.9 Å². The summed E-state index contributed by atoms with van der Waals surface area (Å²) in [5.74, 6) is 0.402. The number of halogens is 1. The molecule has 0 N–H and O–H groups in total. The molecule has 3 aliphatic rings. The number of fused-ring (bicyclic) bond motifs is 1. The first-order valence-electron chi connectivity index (χ1n) is 6.83. The molecule has 1 amide bonds. The van der Waals surface area contributed by atoms with Crippen LogP contribution in [0.3, 0.4) is 0 Å². The van der Waals surface area contributed by atoms with Crippen LogP contribution < -0.4 is 0 Å². The molecule has 1 aliphatic heterocycles. The maximum absolute atomic E-state index is 12.5. The molecule has 2 aliphatic carbocycles. The van der Waals surface area contributed by atoms with Gasteiger partial charge in [-0.05, 0) is 37.5 Å². The highest BCUT2D eigenvalue weighted by atomic mass is 79.9. The molecule has 19 heavy (non-hydrogen) atoms. The lowest BCUT2D eigenvalue weighted by Gasteiger charge is -2.37. The van der Waals surface area contributed by atoms with Crippen molar-refractivity contribution in [2.75, 3.05) is 5.75 Å². The molecular formula is C13H20BrNO3S. The molecule has 3 rings (SSSR count). The van der Waals surface area contributed by atoms with Crippen LogP contribution in [-0.2, 0) is 14.8 Å². The molecule has 4 nitrogen and oxygen atoms in total. The second kappa shape index (κ2) is 3.75. The molecule has 1 heterocycles. The summed E-state index contributed by atoms with van der Waals surface area (Å²) in [4.78, 5) is 11.8. The summed E-state index contributed by atoms with van der Waals surface area (Å²) in [6.45, 7) is 6.07. The average Bonchev–Trinajstić information content (AvgIpc) is 2.74. The topological polar surface area (TPSA) is 54.5 Å². The summed E-state index contributed by atoms with van der Waals surface area (Å²) in [6, 6.07) is -0.112. The minimum absolute atomic E-state index is 0.0231. The lowest BCUT2D eigenvalue weighted by Crippen LogP contribution is -2.46. The predicted molar refractivity (Wildman–Crippen MR) is 76.4 cm³/mol. The number of hydrogen-bond acceptors (Lipinski definition) is 3. The lowest BCUT2D eigenvalue weighted by molar-refractivity contribution is -0.128. The Morgan fingerprint density at radius 3 is 2.58 bits per heavy atom.